The largest absolute Gasteiger partial charge is 0.480 e. The van der Waals surface area contributed by atoms with Gasteiger partial charge in [-0.1, -0.05) is 32.0 Å². The fourth-order valence-corrected chi connectivity index (χ4v) is 2.83. The van der Waals surface area contributed by atoms with Gasteiger partial charge in [0.25, 0.3) is 0 Å². The number of carboxylic acids is 1. The summed E-state index contributed by atoms with van der Waals surface area (Å²) in [5, 5.41) is 17.6. The van der Waals surface area contributed by atoms with Gasteiger partial charge in [0.1, 0.15) is 6.04 Å². The fourth-order valence-electron chi connectivity index (χ4n) is 2.18. The first-order chi connectivity index (χ1) is 11.7. The standard InChI is InChI=1S/C17H23N3O4S/c1-17(2,3)9-8-11(16(22)23)18-13(21)6-7-14-19-15(20-24-14)12-5-4-10-25-12/h4-5,10-11H,6-9H2,1-3H3,(H,18,21)(H,22,23). The Labute approximate surface area is 150 Å². The summed E-state index contributed by atoms with van der Waals surface area (Å²) in [7, 11) is 0. The third-order valence-corrected chi connectivity index (χ3v) is 4.46. The van der Waals surface area contributed by atoms with Crippen LogP contribution in [0.2, 0.25) is 0 Å². The summed E-state index contributed by atoms with van der Waals surface area (Å²) in [6.07, 6.45) is 1.48. The lowest BCUT2D eigenvalue weighted by Crippen LogP contribution is -2.41. The summed E-state index contributed by atoms with van der Waals surface area (Å²) in [6, 6.07) is 2.90. The molecule has 25 heavy (non-hydrogen) atoms. The molecule has 0 aliphatic heterocycles. The summed E-state index contributed by atoms with van der Waals surface area (Å²) >= 11 is 1.50. The second kappa shape index (κ2) is 8.24. The third kappa shape index (κ3) is 6.30. The van der Waals surface area contributed by atoms with Crippen molar-refractivity contribution in [1.82, 2.24) is 15.5 Å². The highest BCUT2D eigenvalue weighted by molar-refractivity contribution is 7.13. The molecule has 0 bridgehead atoms. The van der Waals surface area contributed by atoms with Crippen molar-refractivity contribution < 1.29 is 19.2 Å². The van der Waals surface area contributed by atoms with E-state index in [-0.39, 0.29) is 24.2 Å². The highest BCUT2D eigenvalue weighted by Crippen LogP contribution is 2.22. The number of thiophene rings is 1. The van der Waals surface area contributed by atoms with Crippen LogP contribution in [0.5, 0.6) is 0 Å². The highest BCUT2D eigenvalue weighted by Gasteiger charge is 2.23. The van der Waals surface area contributed by atoms with Gasteiger partial charge in [-0.3, -0.25) is 4.79 Å². The predicted octanol–water partition coefficient (Wildman–Crippen LogP) is 3.13. The van der Waals surface area contributed by atoms with Crippen LogP contribution in [0, 0.1) is 5.41 Å². The van der Waals surface area contributed by atoms with Crippen LogP contribution >= 0.6 is 11.3 Å². The van der Waals surface area contributed by atoms with Crippen LogP contribution < -0.4 is 5.32 Å². The van der Waals surface area contributed by atoms with Crippen LogP contribution in [0.3, 0.4) is 0 Å². The summed E-state index contributed by atoms with van der Waals surface area (Å²) in [5.41, 5.74) is 0.0143. The number of aryl methyl sites for hydroxylation is 1. The molecule has 0 aliphatic rings. The first-order valence-electron chi connectivity index (χ1n) is 8.13. The zero-order valence-corrected chi connectivity index (χ0v) is 15.4. The molecule has 8 heteroatoms. The van der Waals surface area contributed by atoms with Crippen molar-refractivity contribution in [2.75, 3.05) is 0 Å². The molecule has 2 heterocycles. The molecule has 0 spiro atoms. The molecule has 1 amide bonds. The molecule has 2 aromatic heterocycles. The van der Waals surface area contributed by atoms with Gasteiger partial charge in [-0.2, -0.15) is 4.98 Å². The van der Waals surface area contributed by atoms with Crippen molar-refractivity contribution in [1.29, 1.82) is 0 Å². The number of carbonyl (C=O) groups excluding carboxylic acids is 1. The second-order valence-corrected chi connectivity index (χ2v) is 7.99. The molecule has 7 nitrogen and oxygen atoms in total. The zero-order chi connectivity index (χ0) is 18.4. The van der Waals surface area contributed by atoms with E-state index in [1.165, 1.54) is 11.3 Å². The molecule has 2 aromatic rings. The molecule has 0 aliphatic carbocycles. The van der Waals surface area contributed by atoms with Crippen molar-refractivity contribution in [2.24, 2.45) is 5.41 Å². The Morgan fingerprint density at radius 1 is 1.40 bits per heavy atom. The Bertz CT molecular complexity index is 704. The van der Waals surface area contributed by atoms with Gasteiger partial charge in [-0.15, -0.1) is 11.3 Å². The molecule has 1 unspecified atom stereocenters. The van der Waals surface area contributed by atoms with Crippen LogP contribution in [0.4, 0.5) is 0 Å². The number of aromatic nitrogens is 2. The topological polar surface area (TPSA) is 105 Å². The molecule has 1 atom stereocenters. The van der Waals surface area contributed by atoms with Crippen molar-refractivity contribution in [2.45, 2.75) is 52.5 Å². The molecule has 0 saturated carbocycles. The second-order valence-electron chi connectivity index (χ2n) is 7.05. The number of rotatable bonds is 8. The van der Waals surface area contributed by atoms with Crippen molar-refractivity contribution in [3.63, 3.8) is 0 Å². The maximum Gasteiger partial charge on any atom is 0.326 e. The van der Waals surface area contributed by atoms with Gasteiger partial charge in [-0.25, -0.2) is 4.79 Å². The number of aliphatic carboxylic acids is 1. The molecule has 0 fully saturated rings. The quantitative estimate of drug-likeness (QED) is 0.744. The van der Waals surface area contributed by atoms with Crippen LogP contribution in [0.15, 0.2) is 22.0 Å². The normalized spacial score (nSPS) is 12.8. The Balaban J connectivity index is 1.83. The SMILES string of the molecule is CC(C)(C)CCC(NC(=O)CCc1nc(-c2cccs2)no1)C(=O)O. The van der Waals surface area contributed by atoms with Gasteiger partial charge in [0.15, 0.2) is 0 Å². The van der Waals surface area contributed by atoms with E-state index in [2.05, 4.69) is 15.5 Å². The maximum absolute atomic E-state index is 12.0. The van der Waals surface area contributed by atoms with E-state index in [0.29, 0.717) is 24.6 Å². The third-order valence-electron chi connectivity index (χ3n) is 3.59. The predicted molar refractivity (Wildman–Crippen MR) is 94.2 cm³/mol. The van der Waals surface area contributed by atoms with Gasteiger partial charge >= 0.3 is 5.97 Å². The number of nitrogens with zero attached hydrogens (tertiary/aromatic N) is 2. The van der Waals surface area contributed by atoms with Gasteiger partial charge in [-0.05, 0) is 29.7 Å². The molecule has 2 N–H and O–H groups in total. The van der Waals surface area contributed by atoms with E-state index in [4.69, 9.17) is 4.52 Å². The smallest absolute Gasteiger partial charge is 0.326 e. The van der Waals surface area contributed by atoms with Crippen LogP contribution in [0.1, 0.15) is 45.9 Å². The lowest BCUT2D eigenvalue weighted by Gasteiger charge is -2.21. The number of carboxylic acid groups (broad SMARTS) is 1. The van der Waals surface area contributed by atoms with Crippen LogP contribution in [-0.4, -0.2) is 33.2 Å². The fraction of sp³-hybridized carbons (Fsp3) is 0.529. The average Bonchev–Trinajstić information content (AvgIpc) is 3.18. The molecule has 0 saturated heterocycles. The highest BCUT2D eigenvalue weighted by atomic mass is 32.1. The molecular weight excluding hydrogens is 342 g/mol. The summed E-state index contributed by atoms with van der Waals surface area (Å²) in [6.45, 7) is 6.11. The number of amides is 1. The number of carbonyl (C=O) groups is 2. The molecule has 0 aromatic carbocycles. The summed E-state index contributed by atoms with van der Waals surface area (Å²) in [4.78, 5) is 28.5. The molecular formula is C17H23N3O4S. The first-order valence-corrected chi connectivity index (χ1v) is 9.01. The van der Waals surface area contributed by atoms with E-state index in [1.54, 1.807) is 0 Å². The average molecular weight is 365 g/mol. The lowest BCUT2D eigenvalue weighted by molar-refractivity contribution is -0.142. The molecule has 136 valence electrons. The van der Waals surface area contributed by atoms with E-state index in [9.17, 15) is 14.7 Å². The van der Waals surface area contributed by atoms with Crippen molar-refractivity contribution >= 4 is 23.2 Å². The maximum atomic E-state index is 12.0. The number of nitrogens with one attached hydrogen (secondary N) is 1. The van der Waals surface area contributed by atoms with E-state index >= 15 is 0 Å². The van der Waals surface area contributed by atoms with Crippen molar-refractivity contribution in [3.8, 4) is 10.7 Å². The molecule has 0 radical (unpaired) electrons. The monoisotopic (exact) mass is 365 g/mol. The van der Waals surface area contributed by atoms with Gasteiger partial charge < -0.3 is 14.9 Å². The van der Waals surface area contributed by atoms with Gasteiger partial charge in [0.05, 0.1) is 4.88 Å². The number of hydrogen-bond donors (Lipinski definition) is 2. The Kier molecular flexibility index (Phi) is 6.30. The first kappa shape index (κ1) is 19.1. The Hall–Kier alpha value is -2.22. The zero-order valence-electron chi connectivity index (χ0n) is 14.6. The van der Waals surface area contributed by atoms with Gasteiger partial charge in [0.2, 0.25) is 17.6 Å². The summed E-state index contributed by atoms with van der Waals surface area (Å²) in [5.74, 6) is -0.494. The molecule has 2 rings (SSSR count). The lowest BCUT2D eigenvalue weighted by atomic mass is 9.88. The van der Waals surface area contributed by atoms with E-state index < -0.39 is 12.0 Å². The minimum absolute atomic E-state index is 0.0143. The van der Waals surface area contributed by atoms with Crippen LogP contribution in [0.25, 0.3) is 10.7 Å². The Morgan fingerprint density at radius 2 is 2.16 bits per heavy atom. The minimum atomic E-state index is -1.02. The minimum Gasteiger partial charge on any atom is -0.480 e. The number of hydrogen-bond acceptors (Lipinski definition) is 6. The van der Waals surface area contributed by atoms with E-state index in [1.807, 2.05) is 38.3 Å². The van der Waals surface area contributed by atoms with Crippen molar-refractivity contribution in [3.05, 3.63) is 23.4 Å². The summed E-state index contributed by atoms with van der Waals surface area (Å²) < 4.78 is 5.13. The van der Waals surface area contributed by atoms with Crippen LogP contribution in [-0.2, 0) is 16.0 Å². The Morgan fingerprint density at radius 3 is 2.76 bits per heavy atom. The van der Waals surface area contributed by atoms with Gasteiger partial charge in [0, 0.05) is 12.8 Å². The van der Waals surface area contributed by atoms with E-state index in [0.717, 1.165) is 4.88 Å².